The summed E-state index contributed by atoms with van der Waals surface area (Å²) in [7, 11) is 0. The lowest BCUT2D eigenvalue weighted by Gasteiger charge is -2.04. The molecule has 0 saturated carbocycles. The van der Waals surface area contributed by atoms with Gasteiger partial charge in [-0.25, -0.2) is 4.39 Å². The van der Waals surface area contributed by atoms with Gasteiger partial charge in [0, 0.05) is 0 Å². The molecule has 0 radical (unpaired) electrons. The molecule has 1 rings (SSSR count). The Morgan fingerprint density at radius 3 is 2.73 bits per heavy atom. The maximum absolute atomic E-state index is 11.7. The highest BCUT2D eigenvalue weighted by Crippen LogP contribution is 2.23. The first-order valence-electron chi connectivity index (χ1n) is 3.28. The van der Waals surface area contributed by atoms with E-state index in [1.54, 1.807) is 6.07 Å². The van der Waals surface area contributed by atoms with Crippen molar-refractivity contribution in [3.05, 3.63) is 28.7 Å². The fraction of sp³-hybridized carbons (Fsp3) is 0.250. The molecule has 0 spiro atoms. The van der Waals surface area contributed by atoms with Crippen LogP contribution >= 0.6 is 15.9 Å². The minimum atomic E-state index is -0.457. The Kier molecular flexibility index (Phi) is 3.36. The molecule has 0 aliphatic heterocycles. The predicted octanol–water partition coefficient (Wildman–Crippen LogP) is 2.80. The van der Waals surface area contributed by atoms with E-state index in [4.69, 9.17) is 4.74 Å². The van der Waals surface area contributed by atoms with Gasteiger partial charge < -0.3 is 4.74 Å². The maximum Gasteiger partial charge on any atom is 0.133 e. The fourth-order valence-corrected chi connectivity index (χ4v) is 1.11. The number of alkyl halides is 1. The number of ether oxygens (including phenoxy) is 1. The van der Waals surface area contributed by atoms with Crippen molar-refractivity contribution in [1.29, 1.82) is 0 Å². The Balaban J connectivity index is 2.62. The second kappa shape index (κ2) is 4.34. The molecule has 0 fully saturated rings. The Labute approximate surface area is 73.3 Å². The van der Waals surface area contributed by atoms with E-state index in [1.807, 2.05) is 18.2 Å². The van der Waals surface area contributed by atoms with Gasteiger partial charge in [0.05, 0.1) is 4.47 Å². The molecule has 0 atom stereocenters. The summed E-state index contributed by atoms with van der Waals surface area (Å²) in [5, 5.41) is 0. The lowest BCUT2D eigenvalue weighted by atomic mass is 10.3. The number of para-hydroxylation sites is 1. The zero-order valence-electron chi connectivity index (χ0n) is 5.89. The molecule has 0 amide bonds. The zero-order valence-corrected chi connectivity index (χ0v) is 7.47. The van der Waals surface area contributed by atoms with Gasteiger partial charge in [0.15, 0.2) is 0 Å². The molecule has 0 bridgehead atoms. The van der Waals surface area contributed by atoms with Crippen LogP contribution in [0.5, 0.6) is 5.75 Å². The normalized spacial score (nSPS) is 9.64. The number of rotatable bonds is 3. The largest absolute Gasteiger partial charge is 0.490 e. The van der Waals surface area contributed by atoms with Crippen molar-refractivity contribution >= 4 is 15.9 Å². The van der Waals surface area contributed by atoms with E-state index >= 15 is 0 Å². The van der Waals surface area contributed by atoms with Gasteiger partial charge in [-0.3, -0.25) is 0 Å². The predicted molar refractivity (Wildman–Crippen MR) is 45.6 cm³/mol. The topological polar surface area (TPSA) is 9.23 Å². The van der Waals surface area contributed by atoms with Crippen molar-refractivity contribution in [2.75, 3.05) is 13.3 Å². The summed E-state index contributed by atoms with van der Waals surface area (Å²) >= 11 is 3.28. The minimum absolute atomic E-state index is 0.114. The van der Waals surface area contributed by atoms with Crippen LogP contribution < -0.4 is 4.74 Å². The first-order valence-corrected chi connectivity index (χ1v) is 4.07. The molecule has 0 heterocycles. The van der Waals surface area contributed by atoms with Crippen LogP contribution in [0.25, 0.3) is 0 Å². The highest BCUT2D eigenvalue weighted by Gasteiger charge is 1.96. The van der Waals surface area contributed by atoms with Crippen LogP contribution in [-0.4, -0.2) is 13.3 Å². The van der Waals surface area contributed by atoms with Crippen LogP contribution in [0.2, 0.25) is 0 Å². The minimum Gasteiger partial charge on any atom is -0.490 e. The van der Waals surface area contributed by atoms with Crippen molar-refractivity contribution in [2.45, 2.75) is 0 Å². The molecule has 0 unspecified atom stereocenters. The van der Waals surface area contributed by atoms with E-state index in [1.165, 1.54) is 0 Å². The summed E-state index contributed by atoms with van der Waals surface area (Å²) in [5.74, 6) is 0.685. The van der Waals surface area contributed by atoms with Crippen LogP contribution in [0.4, 0.5) is 4.39 Å². The number of hydrogen-bond donors (Lipinski definition) is 0. The third-order valence-electron chi connectivity index (χ3n) is 1.17. The van der Waals surface area contributed by atoms with Crippen molar-refractivity contribution in [1.82, 2.24) is 0 Å². The maximum atomic E-state index is 11.7. The molecule has 60 valence electrons. The quantitative estimate of drug-likeness (QED) is 0.759. The van der Waals surface area contributed by atoms with Gasteiger partial charge in [0.25, 0.3) is 0 Å². The van der Waals surface area contributed by atoms with Crippen LogP contribution in [0.15, 0.2) is 28.7 Å². The van der Waals surface area contributed by atoms with E-state index in [-0.39, 0.29) is 6.61 Å². The average molecular weight is 219 g/mol. The van der Waals surface area contributed by atoms with Crippen LogP contribution in [0.1, 0.15) is 0 Å². The van der Waals surface area contributed by atoms with Crippen LogP contribution in [-0.2, 0) is 0 Å². The molecule has 0 N–H and O–H groups in total. The van der Waals surface area contributed by atoms with Crippen molar-refractivity contribution in [3.8, 4) is 5.75 Å². The first-order chi connectivity index (χ1) is 5.34. The van der Waals surface area contributed by atoms with Gasteiger partial charge in [-0.05, 0) is 28.1 Å². The number of hydrogen-bond acceptors (Lipinski definition) is 1. The standard InChI is InChI=1S/C8H8BrFO/c9-7-3-1-2-4-8(7)11-6-5-10/h1-4H,5-6H2. The highest BCUT2D eigenvalue weighted by atomic mass is 79.9. The first kappa shape index (κ1) is 8.53. The molecule has 1 aromatic rings. The van der Waals surface area contributed by atoms with Gasteiger partial charge in [-0.1, -0.05) is 12.1 Å². The molecule has 1 aromatic carbocycles. The third kappa shape index (κ3) is 2.50. The monoisotopic (exact) mass is 218 g/mol. The number of benzene rings is 1. The fourth-order valence-electron chi connectivity index (χ4n) is 0.710. The summed E-state index contributed by atoms with van der Waals surface area (Å²) in [6.45, 7) is -0.343. The van der Waals surface area contributed by atoms with Crippen molar-refractivity contribution in [3.63, 3.8) is 0 Å². The van der Waals surface area contributed by atoms with Gasteiger partial charge in [-0.15, -0.1) is 0 Å². The molecule has 0 aromatic heterocycles. The molecular formula is C8H8BrFO. The molecule has 0 aliphatic rings. The summed E-state index contributed by atoms with van der Waals surface area (Å²) in [4.78, 5) is 0. The van der Waals surface area contributed by atoms with Gasteiger partial charge in [-0.2, -0.15) is 0 Å². The molecule has 3 heteroatoms. The average Bonchev–Trinajstić information content (AvgIpc) is 2.03. The summed E-state index contributed by atoms with van der Waals surface area (Å²) in [6.07, 6.45) is 0. The van der Waals surface area contributed by atoms with E-state index in [0.717, 1.165) is 4.47 Å². The van der Waals surface area contributed by atoms with Gasteiger partial charge in [0.1, 0.15) is 19.0 Å². The second-order valence-electron chi connectivity index (χ2n) is 1.97. The van der Waals surface area contributed by atoms with Crippen LogP contribution in [0, 0.1) is 0 Å². The summed E-state index contributed by atoms with van der Waals surface area (Å²) in [5.41, 5.74) is 0. The summed E-state index contributed by atoms with van der Waals surface area (Å²) < 4.78 is 17.6. The van der Waals surface area contributed by atoms with Gasteiger partial charge >= 0.3 is 0 Å². The molecule has 0 aliphatic carbocycles. The second-order valence-corrected chi connectivity index (χ2v) is 2.82. The molecule has 0 saturated heterocycles. The Morgan fingerprint density at radius 1 is 1.36 bits per heavy atom. The van der Waals surface area contributed by atoms with E-state index in [9.17, 15) is 4.39 Å². The lowest BCUT2D eigenvalue weighted by molar-refractivity contribution is 0.272. The summed E-state index contributed by atoms with van der Waals surface area (Å²) in [6, 6.07) is 7.37. The molecule has 1 nitrogen and oxygen atoms in total. The van der Waals surface area contributed by atoms with E-state index in [0.29, 0.717) is 5.75 Å². The Hall–Kier alpha value is -0.570. The molecule has 11 heavy (non-hydrogen) atoms. The van der Waals surface area contributed by atoms with Crippen LogP contribution in [0.3, 0.4) is 0 Å². The van der Waals surface area contributed by atoms with Gasteiger partial charge in [0.2, 0.25) is 0 Å². The third-order valence-corrected chi connectivity index (χ3v) is 1.83. The highest BCUT2D eigenvalue weighted by molar-refractivity contribution is 9.10. The Bertz CT molecular complexity index is 227. The SMILES string of the molecule is FCCOc1ccccc1Br. The zero-order chi connectivity index (χ0) is 8.10. The van der Waals surface area contributed by atoms with E-state index in [2.05, 4.69) is 15.9 Å². The van der Waals surface area contributed by atoms with Crippen molar-refractivity contribution < 1.29 is 9.13 Å². The lowest BCUT2D eigenvalue weighted by Crippen LogP contribution is -1.98. The van der Waals surface area contributed by atoms with E-state index < -0.39 is 6.67 Å². The van der Waals surface area contributed by atoms with Crippen molar-refractivity contribution in [2.24, 2.45) is 0 Å². The molecular weight excluding hydrogens is 211 g/mol. The Morgan fingerprint density at radius 2 is 2.09 bits per heavy atom. The smallest absolute Gasteiger partial charge is 0.133 e. The number of halogens is 2.